The molecule has 0 atom stereocenters. The van der Waals surface area contributed by atoms with Gasteiger partial charge in [0.15, 0.2) is 0 Å². The van der Waals surface area contributed by atoms with Crippen molar-refractivity contribution in [2.24, 2.45) is 0 Å². The van der Waals surface area contributed by atoms with Gasteiger partial charge in [-0.05, 0) is 0 Å². The first kappa shape index (κ1) is 1210. The third-order valence-corrected chi connectivity index (χ3v) is 0. The molecule has 0 rings (SSSR count). The molecular weight excluding hydrogens is 104 g/mol. The first-order valence-corrected chi connectivity index (χ1v) is 0. The quantitative estimate of drug-likeness (QED) is 0.275. The fourth-order valence-electron chi connectivity index (χ4n) is 0. The Bertz CT molecular complexity index is 7.51. The maximum Gasteiger partial charge on any atom is 4.00 e. The van der Waals surface area contributed by atoms with Crippen LogP contribution in [0.3, 0.4) is 0 Å². The van der Waals surface area contributed by atoms with Crippen molar-refractivity contribution in [1.29, 1.82) is 0 Å². The van der Waals surface area contributed by atoms with Crippen molar-refractivity contribution in [2.45, 2.75) is 0 Å². The fourth-order valence-corrected chi connectivity index (χ4v) is 0. The molecule has 40 valence electrons. The zero-order valence-electron chi connectivity index (χ0n) is 2.51. The second kappa shape index (κ2) is 619. The molecule has 0 aliphatic rings. The molecule has 0 aliphatic heterocycles. The van der Waals surface area contributed by atoms with Crippen LogP contribution in [0, 0.1) is 7.43 Å². The molecule has 0 aromatic rings. The predicted molar refractivity (Wildman–Crippen MR) is 6.86 cm³/mol. The molecule has 0 unspecified atom stereocenters. The van der Waals surface area contributed by atoms with Crippen LogP contribution in [0.5, 0.6) is 0 Å². The Labute approximate surface area is 33.1 Å². The van der Waals surface area contributed by atoms with Gasteiger partial charge in [-0.25, -0.2) is 0 Å². The summed E-state index contributed by atoms with van der Waals surface area (Å²) in [4.78, 5) is 0. The summed E-state index contributed by atoms with van der Waals surface area (Å²) in [5.74, 6) is 0. The number of rotatable bonds is 0. The molecule has 1 nitrogen and oxygen atoms in total. The predicted octanol–water partition coefficient (Wildman–Crippen LogP) is -12.7. The van der Waals surface area contributed by atoms with Crippen LogP contribution in [0.15, 0.2) is 0 Å². The molecule has 0 saturated carbocycles. The van der Waals surface area contributed by atoms with Crippen LogP contribution in [0.1, 0.15) is 0 Å². The molecule has 6 heavy (non-hydrogen) atoms. The van der Waals surface area contributed by atoms with E-state index in [0.29, 0.717) is 0 Å². The van der Waals surface area contributed by atoms with Gasteiger partial charge in [0, 0.05) is 0 Å². The molecule has 2 N–H and O–H groups in total. The van der Waals surface area contributed by atoms with Gasteiger partial charge in [-0.3, -0.25) is 0 Å². The molecule has 0 spiro atoms. The minimum Gasteiger partial charge on any atom is -1.00 e. The van der Waals surface area contributed by atoms with Gasteiger partial charge < -0.3 is 24.3 Å². The van der Waals surface area contributed by atoms with E-state index in [4.69, 9.17) is 0 Å². The summed E-state index contributed by atoms with van der Waals surface area (Å²) in [5, 5.41) is 0. The molecule has 0 fully saturated rings. The fraction of sp³-hybridized carbons (Fsp3) is 0. The van der Waals surface area contributed by atoms with Gasteiger partial charge in [-0.1, -0.05) is 0 Å². The third-order valence-electron chi connectivity index (χ3n) is 0. The van der Waals surface area contributed by atoms with Gasteiger partial charge in [0.1, 0.15) is 0 Å². The van der Waals surface area contributed by atoms with Crippen molar-refractivity contribution >= 4 is 0 Å². The van der Waals surface area contributed by atoms with Crippen LogP contribution in [0.4, 0.5) is 0 Å². The molecule has 5 heteroatoms. The number of hydrogen-bond acceptors (Lipinski definition) is 0. The molecule has 0 heterocycles. The normalized spacial score (nSPS) is 0. The van der Waals surface area contributed by atoms with E-state index in [0.717, 1.165) is 0 Å². The summed E-state index contributed by atoms with van der Waals surface area (Å²) in [5.41, 5.74) is 0. The summed E-state index contributed by atoms with van der Waals surface area (Å²) in [7, 11) is 0. The van der Waals surface area contributed by atoms with Crippen molar-refractivity contribution in [3.05, 3.63) is 7.43 Å². The number of halogens is 4. The van der Waals surface area contributed by atoms with Crippen molar-refractivity contribution in [3.63, 3.8) is 0 Å². The van der Waals surface area contributed by atoms with Crippen LogP contribution in [-0.4, -0.2) is 5.48 Å². The molecule has 0 aromatic heterocycles. The first-order chi connectivity index (χ1) is 0. The van der Waals surface area contributed by atoms with Crippen LogP contribution < -0.4 is 18.8 Å². The molecule has 0 bridgehead atoms. The van der Waals surface area contributed by atoms with E-state index in [-0.39, 0.29) is 31.7 Å². The Morgan fingerprint density at radius 3 is 0.500 bits per heavy atom. The molecule has 0 radical (unpaired) electrons. The minimum atomic E-state index is 0. The third kappa shape index (κ3) is 258. The average molecular weight is 106 g/mol. The van der Waals surface area contributed by atoms with Gasteiger partial charge >= 0.3 is 7.43 Å². The standard InChI is InChI=1S/C.4FH.H2O/h;4*1H;1H2/q+4;;;;;/p-4. The van der Waals surface area contributed by atoms with E-state index in [1.54, 1.807) is 0 Å². The average Bonchev–Trinajstić information content (AvgIpc) is 0. The molecular formula is CH2F4O. The zero-order chi connectivity index (χ0) is 0. The Hall–Kier alpha value is -0.320. The van der Waals surface area contributed by atoms with Crippen molar-refractivity contribution in [2.75, 3.05) is 0 Å². The van der Waals surface area contributed by atoms with E-state index in [2.05, 4.69) is 0 Å². The Morgan fingerprint density at radius 2 is 0.500 bits per heavy atom. The smallest absolute Gasteiger partial charge is 1.00 e. The minimum absolute atomic E-state index is 0. The monoisotopic (exact) mass is 106 g/mol. The van der Waals surface area contributed by atoms with Crippen LogP contribution >= 0.6 is 0 Å². The number of hydrogen-bond donors (Lipinski definition) is 0. The van der Waals surface area contributed by atoms with Gasteiger partial charge in [-0.15, -0.1) is 0 Å². The second-order valence-electron chi connectivity index (χ2n) is 0. The maximum absolute atomic E-state index is 0. The summed E-state index contributed by atoms with van der Waals surface area (Å²) >= 11 is 0. The molecule has 0 aromatic carbocycles. The largest absolute Gasteiger partial charge is 4.00 e. The van der Waals surface area contributed by atoms with Gasteiger partial charge in [0.2, 0.25) is 0 Å². The van der Waals surface area contributed by atoms with Crippen molar-refractivity contribution < 1.29 is 24.3 Å². The van der Waals surface area contributed by atoms with Gasteiger partial charge in [0.05, 0.1) is 0 Å². The van der Waals surface area contributed by atoms with E-state index in [1.807, 2.05) is 0 Å². The van der Waals surface area contributed by atoms with Crippen molar-refractivity contribution in [3.8, 4) is 0 Å². The van der Waals surface area contributed by atoms with E-state index < -0.39 is 0 Å². The van der Waals surface area contributed by atoms with E-state index in [9.17, 15) is 0 Å². The summed E-state index contributed by atoms with van der Waals surface area (Å²) in [6, 6.07) is 0. The summed E-state index contributed by atoms with van der Waals surface area (Å²) < 4.78 is 0. The SMILES string of the molecule is O.[C+4].[F-].[F-].[F-].[F-]. The Morgan fingerprint density at radius 1 is 0.500 bits per heavy atom. The van der Waals surface area contributed by atoms with E-state index >= 15 is 0 Å². The van der Waals surface area contributed by atoms with Gasteiger partial charge in [-0.2, -0.15) is 0 Å². The van der Waals surface area contributed by atoms with Crippen LogP contribution in [-0.2, 0) is 0 Å². The zero-order valence-corrected chi connectivity index (χ0v) is 2.51. The van der Waals surface area contributed by atoms with Crippen LogP contribution in [0.25, 0.3) is 0 Å². The maximum atomic E-state index is 0. The Balaban J connectivity index is 0. The first-order valence-electron chi connectivity index (χ1n) is 0. The summed E-state index contributed by atoms with van der Waals surface area (Å²) in [6.45, 7) is 0. The topological polar surface area (TPSA) is 31.5 Å². The van der Waals surface area contributed by atoms with Crippen LogP contribution in [0.2, 0.25) is 0 Å². The molecule has 0 saturated heterocycles. The molecule has 0 aliphatic carbocycles. The Kier molecular flexibility index (Phi) is 125000. The second-order valence-corrected chi connectivity index (χ2v) is 0. The van der Waals surface area contributed by atoms with E-state index in [1.165, 1.54) is 0 Å². The summed E-state index contributed by atoms with van der Waals surface area (Å²) in [6.07, 6.45) is 0. The van der Waals surface area contributed by atoms with Gasteiger partial charge in [0.25, 0.3) is 0 Å². The molecule has 0 amide bonds. The van der Waals surface area contributed by atoms with Crippen molar-refractivity contribution in [1.82, 2.24) is 0 Å².